The summed E-state index contributed by atoms with van der Waals surface area (Å²) >= 11 is 0. The maximum atomic E-state index is 2.56. The zero-order valence-electron chi connectivity index (χ0n) is 24.0. The van der Waals surface area contributed by atoms with Crippen LogP contribution in [0, 0.1) is 13.8 Å². The summed E-state index contributed by atoms with van der Waals surface area (Å²) in [6, 6.07) is 41.2. The Bertz CT molecular complexity index is 1640. The van der Waals surface area contributed by atoms with Gasteiger partial charge in [0.05, 0.1) is 0 Å². The molecule has 2 nitrogen and oxygen atoms in total. The molecule has 2 aliphatic heterocycles. The van der Waals surface area contributed by atoms with E-state index >= 15 is 0 Å². The summed E-state index contributed by atoms with van der Waals surface area (Å²) in [5, 5.41) is 0. The Morgan fingerprint density at radius 2 is 1.02 bits per heavy atom. The first-order valence-corrected chi connectivity index (χ1v) is 15.3. The van der Waals surface area contributed by atoms with Crippen molar-refractivity contribution in [2.24, 2.45) is 0 Å². The summed E-state index contributed by atoms with van der Waals surface area (Å²) < 4.78 is 0. The lowest BCUT2D eigenvalue weighted by Crippen LogP contribution is -2.61. The van der Waals surface area contributed by atoms with E-state index in [2.05, 4.69) is 133 Å². The van der Waals surface area contributed by atoms with Crippen LogP contribution >= 0.6 is 0 Å². The molecule has 0 amide bonds. The van der Waals surface area contributed by atoms with Crippen LogP contribution in [0.25, 0.3) is 0 Å². The van der Waals surface area contributed by atoms with E-state index < -0.39 is 0 Å². The topological polar surface area (TPSA) is 6.48 Å². The Labute approximate surface area is 244 Å². The molecule has 0 saturated heterocycles. The molecule has 0 aromatic heterocycles. The van der Waals surface area contributed by atoms with E-state index in [4.69, 9.17) is 0 Å². The van der Waals surface area contributed by atoms with Gasteiger partial charge in [-0.25, -0.2) is 0 Å². The highest BCUT2D eigenvalue weighted by Gasteiger charge is 2.43. The maximum absolute atomic E-state index is 2.56. The van der Waals surface area contributed by atoms with E-state index in [1.54, 1.807) is 0 Å². The first-order valence-electron chi connectivity index (χ1n) is 15.3. The Morgan fingerprint density at radius 3 is 1.51 bits per heavy atom. The van der Waals surface area contributed by atoms with Crippen LogP contribution in [-0.4, -0.2) is 6.71 Å². The van der Waals surface area contributed by atoms with Gasteiger partial charge >= 0.3 is 0 Å². The second-order valence-corrected chi connectivity index (χ2v) is 12.2. The van der Waals surface area contributed by atoms with Crippen molar-refractivity contribution in [1.29, 1.82) is 0 Å². The molecule has 1 aliphatic carbocycles. The minimum atomic E-state index is 0.187. The lowest BCUT2D eigenvalue weighted by molar-refractivity contribution is 0.444. The van der Waals surface area contributed by atoms with Gasteiger partial charge in [-0.1, -0.05) is 79.9 Å². The zero-order valence-corrected chi connectivity index (χ0v) is 24.0. The lowest BCUT2D eigenvalue weighted by atomic mass is 9.33. The summed E-state index contributed by atoms with van der Waals surface area (Å²) in [5.74, 6) is 0.608. The number of anilines is 6. The number of fused-ring (bicyclic) bond motifs is 4. The minimum absolute atomic E-state index is 0.187. The number of rotatable bonds is 3. The molecule has 1 saturated carbocycles. The van der Waals surface area contributed by atoms with Crippen molar-refractivity contribution >= 4 is 57.2 Å². The Morgan fingerprint density at radius 1 is 0.537 bits per heavy atom. The van der Waals surface area contributed by atoms with Crippen LogP contribution in [0.2, 0.25) is 0 Å². The van der Waals surface area contributed by atoms with Gasteiger partial charge in [0.1, 0.15) is 0 Å². The van der Waals surface area contributed by atoms with Crippen LogP contribution in [0.4, 0.5) is 34.1 Å². The molecule has 0 spiro atoms. The fourth-order valence-electron chi connectivity index (χ4n) is 7.61. The molecule has 200 valence electrons. The second-order valence-electron chi connectivity index (χ2n) is 12.2. The summed E-state index contributed by atoms with van der Waals surface area (Å²) in [4.78, 5) is 5.10. The number of para-hydroxylation sites is 2. The van der Waals surface area contributed by atoms with Gasteiger partial charge in [0.2, 0.25) is 0 Å². The largest absolute Gasteiger partial charge is 0.311 e. The highest BCUT2D eigenvalue weighted by molar-refractivity contribution is 7.00. The normalized spacial score (nSPS) is 15.8. The van der Waals surface area contributed by atoms with E-state index in [-0.39, 0.29) is 6.71 Å². The number of benzene rings is 5. The summed E-state index contributed by atoms with van der Waals surface area (Å²) in [7, 11) is 0. The Kier molecular flexibility index (Phi) is 5.81. The van der Waals surface area contributed by atoms with Gasteiger partial charge < -0.3 is 9.80 Å². The monoisotopic (exact) mass is 530 g/mol. The van der Waals surface area contributed by atoms with Crippen molar-refractivity contribution < 1.29 is 0 Å². The van der Waals surface area contributed by atoms with E-state index in [1.807, 2.05) is 0 Å². The fourth-order valence-corrected chi connectivity index (χ4v) is 7.61. The van der Waals surface area contributed by atoms with Gasteiger partial charge in [-0.05, 0) is 114 Å². The van der Waals surface area contributed by atoms with Crippen molar-refractivity contribution in [1.82, 2.24) is 0 Å². The Balaban J connectivity index is 1.49. The average molecular weight is 531 g/mol. The molecule has 41 heavy (non-hydrogen) atoms. The molecule has 0 N–H and O–H groups in total. The number of aryl methyl sites for hydroxylation is 2. The van der Waals surface area contributed by atoms with Crippen LogP contribution in [0.5, 0.6) is 0 Å². The number of nitrogens with zero attached hydrogens (tertiary/aromatic N) is 2. The quantitative estimate of drug-likeness (QED) is 0.212. The minimum Gasteiger partial charge on any atom is -0.311 e. The first kappa shape index (κ1) is 24.6. The third-order valence-corrected chi connectivity index (χ3v) is 9.51. The summed E-state index contributed by atoms with van der Waals surface area (Å²) in [6.45, 7) is 4.63. The van der Waals surface area contributed by atoms with Crippen LogP contribution < -0.4 is 26.2 Å². The van der Waals surface area contributed by atoms with Crippen LogP contribution in [0.3, 0.4) is 0 Å². The van der Waals surface area contributed by atoms with E-state index in [1.165, 1.54) is 99.3 Å². The molecule has 0 atom stereocenters. The van der Waals surface area contributed by atoms with Gasteiger partial charge in [0.15, 0.2) is 0 Å². The van der Waals surface area contributed by atoms with Gasteiger partial charge in [0.25, 0.3) is 6.71 Å². The molecule has 3 heteroatoms. The van der Waals surface area contributed by atoms with Crippen molar-refractivity contribution in [3.8, 4) is 0 Å². The fraction of sp³-hybridized carbons (Fsp3) is 0.211. The van der Waals surface area contributed by atoms with E-state index in [9.17, 15) is 0 Å². The van der Waals surface area contributed by atoms with Crippen molar-refractivity contribution in [3.63, 3.8) is 0 Å². The molecule has 5 aromatic rings. The van der Waals surface area contributed by atoms with Crippen molar-refractivity contribution in [2.45, 2.75) is 51.9 Å². The number of hydrogen-bond donors (Lipinski definition) is 0. The second kappa shape index (κ2) is 9.70. The van der Waals surface area contributed by atoms with Crippen molar-refractivity contribution in [3.05, 3.63) is 126 Å². The van der Waals surface area contributed by atoms with Crippen LogP contribution in [-0.2, 0) is 0 Å². The summed E-state index contributed by atoms with van der Waals surface area (Å²) in [5.41, 5.74) is 16.0. The smallest absolute Gasteiger partial charge is 0.252 e. The van der Waals surface area contributed by atoms with E-state index in [0.717, 1.165) is 0 Å². The zero-order chi connectivity index (χ0) is 27.5. The average Bonchev–Trinajstić information content (AvgIpc) is 3.02. The Hall–Kier alpha value is -4.24. The molecule has 1 fully saturated rings. The third-order valence-electron chi connectivity index (χ3n) is 9.51. The first-order chi connectivity index (χ1) is 20.2. The van der Waals surface area contributed by atoms with Gasteiger partial charge in [-0.2, -0.15) is 0 Å². The lowest BCUT2D eigenvalue weighted by Gasteiger charge is -2.45. The SMILES string of the molecule is Cc1ccc2c(c1)N(c1ccccc1)c1cc(C3CCCCC3)cc3c1B2c1ccc(C)cc1N3c1ccccc1. The predicted octanol–water partition coefficient (Wildman–Crippen LogP) is 8.43. The molecule has 2 heterocycles. The molecule has 0 unspecified atom stereocenters. The molecule has 0 bridgehead atoms. The van der Waals surface area contributed by atoms with Crippen molar-refractivity contribution in [2.75, 3.05) is 9.80 Å². The van der Waals surface area contributed by atoms with Crippen LogP contribution in [0.1, 0.15) is 54.7 Å². The maximum Gasteiger partial charge on any atom is 0.252 e. The highest BCUT2D eigenvalue weighted by Crippen LogP contribution is 2.46. The van der Waals surface area contributed by atoms with Gasteiger partial charge in [-0.3, -0.25) is 0 Å². The molecule has 5 aromatic carbocycles. The van der Waals surface area contributed by atoms with Crippen LogP contribution in [0.15, 0.2) is 109 Å². The molecular formula is C38H35BN2. The van der Waals surface area contributed by atoms with Gasteiger partial charge in [0, 0.05) is 34.1 Å². The highest BCUT2D eigenvalue weighted by atomic mass is 15.2. The molecule has 0 radical (unpaired) electrons. The predicted molar refractivity (Wildman–Crippen MR) is 176 cm³/mol. The van der Waals surface area contributed by atoms with E-state index in [0.29, 0.717) is 5.92 Å². The summed E-state index contributed by atoms with van der Waals surface area (Å²) in [6.07, 6.45) is 6.58. The number of hydrogen-bond acceptors (Lipinski definition) is 2. The van der Waals surface area contributed by atoms with Gasteiger partial charge in [-0.15, -0.1) is 0 Å². The third kappa shape index (κ3) is 3.94. The molecular weight excluding hydrogens is 495 g/mol. The molecule has 3 aliphatic rings. The standard InChI is InChI=1S/C38H35BN2/c1-26-18-20-32-34(22-26)40(30-14-8-4-9-15-30)36-24-29(28-12-6-3-7-13-28)25-37-38(36)39(32)33-21-19-27(2)23-35(33)41(37)31-16-10-5-11-17-31/h4-5,8-11,14-25,28H,3,6-7,12-13H2,1-2H3. The molecule has 8 rings (SSSR count).